The molecule has 1 atom stereocenters. The highest BCUT2D eigenvalue weighted by Gasteiger charge is 2.33. The Bertz CT molecular complexity index is 1220. The number of nitrogens with zero attached hydrogens (tertiary/aromatic N) is 4. The first-order valence-electron chi connectivity index (χ1n) is 8.77. The standard InChI is InChI=1S/C19H16F3N5O3S/c1-11(16-17(26-6-5-25-16)15-10-23-3-4-24-15)27-18(28)12-7-13(19(20,21)22)9-14(8-12)31(2,29)30/h3-11H,1-2H3,(H,27,28). The zero-order valence-electron chi connectivity index (χ0n) is 16.3. The molecule has 162 valence electrons. The van der Waals surface area contributed by atoms with E-state index in [1.165, 1.54) is 31.0 Å². The number of hydrogen-bond acceptors (Lipinski definition) is 7. The van der Waals surface area contributed by atoms with Crippen LogP contribution < -0.4 is 5.32 Å². The Kier molecular flexibility index (Phi) is 6.02. The molecular formula is C19H16F3N5O3S. The molecule has 3 aromatic rings. The number of benzene rings is 1. The minimum absolute atomic E-state index is 0.312. The molecule has 3 rings (SSSR count). The molecule has 1 aromatic carbocycles. The van der Waals surface area contributed by atoms with E-state index in [1.807, 2.05) is 0 Å². The van der Waals surface area contributed by atoms with Crippen LogP contribution in [0.5, 0.6) is 0 Å². The lowest BCUT2D eigenvalue weighted by molar-refractivity contribution is -0.137. The molecular weight excluding hydrogens is 435 g/mol. The van der Waals surface area contributed by atoms with Gasteiger partial charge in [-0.3, -0.25) is 24.7 Å². The monoisotopic (exact) mass is 451 g/mol. The van der Waals surface area contributed by atoms with Crippen molar-refractivity contribution in [3.63, 3.8) is 0 Å². The van der Waals surface area contributed by atoms with Gasteiger partial charge in [0.15, 0.2) is 9.84 Å². The molecule has 31 heavy (non-hydrogen) atoms. The molecule has 1 amide bonds. The third-order valence-corrected chi connectivity index (χ3v) is 5.31. The Balaban J connectivity index is 1.96. The Morgan fingerprint density at radius 1 is 1.03 bits per heavy atom. The third-order valence-electron chi connectivity index (χ3n) is 4.21. The molecule has 0 radical (unpaired) electrons. The van der Waals surface area contributed by atoms with E-state index in [1.54, 1.807) is 6.92 Å². The third kappa shape index (κ3) is 5.20. The van der Waals surface area contributed by atoms with Crippen LogP contribution in [0, 0.1) is 0 Å². The molecule has 0 fully saturated rings. The van der Waals surface area contributed by atoms with E-state index in [9.17, 15) is 26.4 Å². The lowest BCUT2D eigenvalue weighted by Crippen LogP contribution is -2.28. The molecule has 12 heteroatoms. The molecule has 1 N–H and O–H groups in total. The van der Waals surface area contributed by atoms with Crippen molar-refractivity contribution in [1.29, 1.82) is 0 Å². The minimum Gasteiger partial charge on any atom is -0.344 e. The molecule has 8 nitrogen and oxygen atoms in total. The van der Waals surface area contributed by atoms with E-state index >= 15 is 0 Å². The number of carbonyl (C=O) groups is 1. The predicted molar refractivity (Wildman–Crippen MR) is 103 cm³/mol. The summed E-state index contributed by atoms with van der Waals surface area (Å²) >= 11 is 0. The fourth-order valence-electron chi connectivity index (χ4n) is 2.74. The predicted octanol–water partition coefficient (Wildman–Crippen LogP) is 2.85. The first kappa shape index (κ1) is 22.3. The van der Waals surface area contributed by atoms with Crippen LogP contribution in [-0.2, 0) is 16.0 Å². The van der Waals surface area contributed by atoms with Crippen LogP contribution in [-0.4, -0.2) is 40.5 Å². The molecule has 0 aliphatic rings. The first-order valence-corrected chi connectivity index (χ1v) is 10.7. The molecule has 0 saturated carbocycles. The molecule has 0 bridgehead atoms. The highest BCUT2D eigenvalue weighted by Crippen LogP contribution is 2.32. The van der Waals surface area contributed by atoms with Crippen LogP contribution in [0.3, 0.4) is 0 Å². The van der Waals surface area contributed by atoms with E-state index in [2.05, 4.69) is 25.3 Å². The van der Waals surface area contributed by atoms with Gasteiger partial charge in [0.05, 0.1) is 28.4 Å². The number of halogens is 3. The van der Waals surface area contributed by atoms with E-state index in [0.717, 1.165) is 12.3 Å². The lowest BCUT2D eigenvalue weighted by atomic mass is 10.1. The van der Waals surface area contributed by atoms with Crippen molar-refractivity contribution < 1.29 is 26.4 Å². The number of alkyl halides is 3. The van der Waals surface area contributed by atoms with Gasteiger partial charge < -0.3 is 5.32 Å². The Morgan fingerprint density at radius 3 is 2.32 bits per heavy atom. The maximum atomic E-state index is 13.2. The Morgan fingerprint density at radius 2 is 1.71 bits per heavy atom. The molecule has 0 saturated heterocycles. The maximum Gasteiger partial charge on any atom is 0.416 e. The van der Waals surface area contributed by atoms with Crippen molar-refractivity contribution in [3.05, 3.63) is 66.0 Å². The van der Waals surface area contributed by atoms with Gasteiger partial charge in [0.1, 0.15) is 11.4 Å². The number of nitrogens with one attached hydrogen (secondary N) is 1. The average molecular weight is 451 g/mol. The Hall–Kier alpha value is -3.41. The fraction of sp³-hybridized carbons (Fsp3) is 0.211. The van der Waals surface area contributed by atoms with Crippen LogP contribution in [0.2, 0.25) is 0 Å². The number of amides is 1. The van der Waals surface area contributed by atoms with Crippen molar-refractivity contribution in [2.75, 3.05) is 6.26 Å². The molecule has 0 spiro atoms. The zero-order valence-corrected chi connectivity index (χ0v) is 17.1. The summed E-state index contributed by atoms with van der Waals surface area (Å²) in [6.07, 6.45) is 3.12. The van der Waals surface area contributed by atoms with E-state index < -0.39 is 44.0 Å². The van der Waals surface area contributed by atoms with Gasteiger partial charge in [0.25, 0.3) is 5.91 Å². The number of hydrogen-bond donors (Lipinski definition) is 1. The smallest absolute Gasteiger partial charge is 0.344 e. The van der Waals surface area contributed by atoms with Crippen molar-refractivity contribution in [1.82, 2.24) is 25.3 Å². The van der Waals surface area contributed by atoms with Crippen LogP contribution in [0.25, 0.3) is 11.4 Å². The van der Waals surface area contributed by atoms with Gasteiger partial charge in [-0.25, -0.2) is 8.42 Å². The average Bonchev–Trinajstić information content (AvgIpc) is 2.72. The van der Waals surface area contributed by atoms with E-state index in [-0.39, 0.29) is 0 Å². The second-order valence-electron chi connectivity index (χ2n) is 6.59. The second-order valence-corrected chi connectivity index (χ2v) is 8.61. The van der Waals surface area contributed by atoms with Crippen molar-refractivity contribution in [3.8, 4) is 11.4 Å². The number of aromatic nitrogens is 4. The summed E-state index contributed by atoms with van der Waals surface area (Å²) in [5.41, 5.74) is -0.652. The number of rotatable bonds is 5. The fourth-order valence-corrected chi connectivity index (χ4v) is 3.42. The Labute approximate surface area is 175 Å². The zero-order chi connectivity index (χ0) is 22.8. The quantitative estimate of drug-likeness (QED) is 0.634. The summed E-state index contributed by atoms with van der Waals surface area (Å²) in [4.78, 5) is 28.6. The van der Waals surface area contributed by atoms with Crippen LogP contribution in [0.4, 0.5) is 13.2 Å². The summed E-state index contributed by atoms with van der Waals surface area (Å²) in [6, 6.07) is 1.20. The molecule has 0 aliphatic heterocycles. The van der Waals surface area contributed by atoms with Crippen LogP contribution in [0.1, 0.15) is 34.6 Å². The second kappa shape index (κ2) is 8.38. The van der Waals surface area contributed by atoms with E-state index in [4.69, 9.17) is 0 Å². The number of sulfone groups is 1. The van der Waals surface area contributed by atoms with Crippen LogP contribution in [0.15, 0.2) is 54.1 Å². The molecule has 1 unspecified atom stereocenters. The first-order chi connectivity index (χ1) is 14.5. The lowest BCUT2D eigenvalue weighted by Gasteiger charge is -2.17. The SMILES string of the molecule is CC(NC(=O)c1cc(C(F)(F)F)cc(S(C)(=O)=O)c1)c1nccnc1-c1cnccn1. The van der Waals surface area contributed by atoms with Gasteiger partial charge in [-0.05, 0) is 25.1 Å². The van der Waals surface area contributed by atoms with Gasteiger partial charge in [-0.15, -0.1) is 0 Å². The molecule has 2 heterocycles. The minimum atomic E-state index is -4.83. The van der Waals surface area contributed by atoms with Gasteiger partial charge in [0.2, 0.25) is 0 Å². The van der Waals surface area contributed by atoms with Crippen LogP contribution >= 0.6 is 0 Å². The van der Waals surface area contributed by atoms with Crippen molar-refractivity contribution >= 4 is 15.7 Å². The van der Waals surface area contributed by atoms with Crippen molar-refractivity contribution in [2.45, 2.75) is 24.0 Å². The van der Waals surface area contributed by atoms with Gasteiger partial charge >= 0.3 is 6.18 Å². The summed E-state index contributed by atoms with van der Waals surface area (Å²) in [5, 5.41) is 2.53. The molecule has 2 aromatic heterocycles. The maximum absolute atomic E-state index is 13.2. The summed E-state index contributed by atoms with van der Waals surface area (Å²) in [6.45, 7) is 1.56. The van der Waals surface area contributed by atoms with Gasteiger partial charge in [-0.2, -0.15) is 13.2 Å². The highest BCUT2D eigenvalue weighted by molar-refractivity contribution is 7.90. The van der Waals surface area contributed by atoms with Gasteiger partial charge in [-0.1, -0.05) is 0 Å². The summed E-state index contributed by atoms with van der Waals surface area (Å²) < 4.78 is 63.2. The normalized spacial score (nSPS) is 12.9. The van der Waals surface area contributed by atoms with Gasteiger partial charge in [0, 0.05) is 36.6 Å². The number of carbonyl (C=O) groups excluding carboxylic acids is 1. The highest BCUT2D eigenvalue weighted by atomic mass is 32.2. The summed E-state index contributed by atoms with van der Waals surface area (Å²) in [7, 11) is -3.98. The topological polar surface area (TPSA) is 115 Å². The molecule has 0 aliphatic carbocycles. The van der Waals surface area contributed by atoms with E-state index in [0.29, 0.717) is 29.2 Å². The summed E-state index contributed by atoms with van der Waals surface area (Å²) in [5.74, 6) is -0.903. The largest absolute Gasteiger partial charge is 0.416 e. The van der Waals surface area contributed by atoms with Crippen molar-refractivity contribution in [2.24, 2.45) is 0 Å².